The monoisotopic (exact) mass is 337 g/mol. The van der Waals surface area contributed by atoms with Crippen LogP contribution in [-0.2, 0) is 5.54 Å². The largest absolute Gasteiger partial charge is 0.338 e. The van der Waals surface area contributed by atoms with E-state index in [1.165, 1.54) is 0 Å². The Labute approximate surface area is 125 Å². The molecule has 1 heterocycles. The summed E-state index contributed by atoms with van der Waals surface area (Å²) in [7, 11) is 0. The number of carbonyl (C=O) groups excluding carboxylic acids is 1. The van der Waals surface area contributed by atoms with Crippen LogP contribution in [0.3, 0.4) is 0 Å². The molecule has 2 rings (SSSR count). The first-order chi connectivity index (χ1) is 9.28. The molecule has 6 heteroatoms. The highest BCUT2D eigenvalue weighted by atomic mass is 79.9. The summed E-state index contributed by atoms with van der Waals surface area (Å²) in [6.07, 6.45) is 0. The smallest absolute Gasteiger partial charge is 0.252 e. The van der Waals surface area contributed by atoms with Gasteiger partial charge in [-0.15, -0.1) is 0 Å². The number of benzene rings is 1. The fourth-order valence-electron chi connectivity index (χ4n) is 1.83. The summed E-state index contributed by atoms with van der Waals surface area (Å²) in [5.74, 6) is 0.742. The van der Waals surface area contributed by atoms with Crippen molar-refractivity contribution in [1.82, 2.24) is 15.5 Å². The summed E-state index contributed by atoms with van der Waals surface area (Å²) >= 11 is 3.39. The van der Waals surface area contributed by atoms with Gasteiger partial charge in [0.2, 0.25) is 0 Å². The molecule has 0 saturated heterocycles. The van der Waals surface area contributed by atoms with Crippen molar-refractivity contribution in [2.24, 2.45) is 0 Å². The lowest BCUT2D eigenvalue weighted by atomic mass is 10.0. The maximum atomic E-state index is 12.3. The number of rotatable bonds is 3. The van der Waals surface area contributed by atoms with Gasteiger partial charge in [-0.3, -0.25) is 4.79 Å². The Morgan fingerprint density at radius 1 is 1.30 bits per heavy atom. The first-order valence-corrected chi connectivity index (χ1v) is 6.98. The lowest BCUT2D eigenvalue weighted by Gasteiger charge is -2.22. The second-order valence-corrected chi connectivity index (χ2v) is 6.16. The van der Waals surface area contributed by atoms with Crippen LogP contribution < -0.4 is 5.32 Å². The minimum atomic E-state index is -0.728. The molecule has 2 aromatic rings. The van der Waals surface area contributed by atoms with E-state index in [0.29, 0.717) is 17.3 Å². The summed E-state index contributed by atoms with van der Waals surface area (Å²) < 4.78 is 6.00. The molecule has 1 N–H and O–H groups in total. The zero-order chi connectivity index (χ0) is 14.9. The van der Waals surface area contributed by atoms with E-state index in [2.05, 4.69) is 31.4 Å². The fraction of sp³-hybridized carbons (Fsp3) is 0.357. The number of nitrogens with one attached hydrogen (secondary N) is 1. The van der Waals surface area contributed by atoms with E-state index in [0.717, 1.165) is 10.0 Å². The first kappa shape index (κ1) is 14.7. The number of carbonyl (C=O) groups is 1. The van der Waals surface area contributed by atoms with E-state index in [9.17, 15) is 4.79 Å². The van der Waals surface area contributed by atoms with Crippen LogP contribution in [0.5, 0.6) is 0 Å². The molecule has 0 radical (unpaired) electrons. The summed E-state index contributed by atoms with van der Waals surface area (Å²) in [6.45, 7) is 7.32. The molecule has 0 aliphatic heterocycles. The Morgan fingerprint density at radius 3 is 2.55 bits per heavy atom. The molecule has 106 valence electrons. The fourth-order valence-corrected chi connectivity index (χ4v) is 2.44. The van der Waals surface area contributed by atoms with Crippen LogP contribution in [0, 0.1) is 13.8 Å². The molecule has 5 nitrogen and oxygen atoms in total. The van der Waals surface area contributed by atoms with Crippen molar-refractivity contribution < 1.29 is 9.32 Å². The second-order valence-electron chi connectivity index (χ2n) is 5.24. The van der Waals surface area contributed by atoms with Crippen LogP contribution >= 0.6 is 15.9 Å². The normalized spacial score (nSPS) is 11.4. The van der Waals surface area contributed by atoms with Crippen molar-refractivity contribution in [2.45, 2.75) is 33.2 Å². The lowest BCUT2D eigenvalue weighted by Crippen LogP contribution is -2.41. The molecule has 20 heavy (non-hydrogen) atoms. The highest BCUT2D eigenvalue weighted by molar-refractivity contribution is 9.10. The Kier molecular flexibility index (Phi) is 3.94. The van der Waals surface area contributed by atoms with Crippen LogP contribution in [0.25, 0.3) is 0 Å². The number of hydrogen-bond acceptors (Lipinski definition) is 4. The van der Waals surface area contributed by atoms with Crippen molar-refractivity contribution in [2.75, 3.05) is 0 Å². The molecular formula is C14H16BrN3O2. The molecule has 0 bridgehead atoms. The minimum absolute atomic E-state index is 0.185. The zero-order valence-corrected chi connectivity index (χ0v) is 13.4. The number of amides is 1. The third-order valence-corrected chi connectivity index (χ3v) is 3.25. The number of aryl methyl sites for hydroxylation is 2. The lowest BCUT2D eigenvalue weighted by molar-refractivity contribution is 0.0894. The highest BCUT2D eigenvalue weighted by Gasteiger charge is 2.29. The molecule has 0 fully saturated rings. The number of hydrogen-bond donors (Lipinski definition) is 1. The maximum absolute atomic E-state index is 12.3. The number of halogens is 1. The molecule has 1 aromatic heterocycles. The quantitative estimate of drug-likeness (QED) is 0.934. The van der Waals surface area contributed by atoms with Crippen LogP contribution in [0.4, 0.5) is 0 Å². The van der Waals surface area contributed by atoms with Crippen molar-refractivity contribution in [1.29, 1.82) is 0 Å². The molecule has 0 spiro atoms. The van der Waals surface area contributed by atoms with Crippen LogP contribution in [0.1, 0.15) is 41.5 Å². The van der Waals surface area contributed by atoms with Crippen molar-refractivity contribution in [3.8, 4) is 0 Å². The molecule has 0 aliphatic rings. The Balaban J connectivity index is 2.22. The molecule has 0 aliphatic carbocycles. The summed E-state index contributed by atoms with van der Waals surface area (Å²) in [5, 5.41) is 6.65. The van der Waals surface area contributed by atoms with Crippen molar-refractivity contribution in [3.63, 3.8) is 0 Å². The van der Waals surface area contributed by atoms with E-state index in [-0.39, 0.29) is 5.91 Å². The molecular weight excluding hydrogens is 322 g/mol. The minimum Gasteiger partial charge on any atom is -0.338 e. The van der Waals surface area contributed by atoms with Crippen LogP contribution in [-0.4, -0.2) is 16.0 Å². The Morgan fingerprint density at radius 2 is 2.00 bits per heavy atom. The predicted octanol–water partition coefficient (Wildman–Crippen LogP) is 3.11. The van der Waals surface area contributed by atoms with Gasteiger partial charge in [-0.05, 0) is 51.5 Å². The topological polar surface area (TPSA) is 68.0 Å². The molecule has 1 amide bonds. The van der Waals surface area contributed by atoms with Gasteiger partial charge in [0.25, 0.3) is 11.8 Å². The molecule has 0 unspecified atom stereocenters. The van der Waals surface area contributed by atoms with Crippen LogP contribution in [0.2, 0.25) is 0 Å². The van der Waals surface area contributed by atoms with Crippen LogP contribution in [0.15, 0.2) is 27.2 Å². The molecule has 1 aromatic carbocycles. The Hall–Kier alpha value is -1.69. The zero-order valence-electron chi connectivity index (χ0n) is 11.8. The maximum Gasteiger partial charge on any atom is 0.252 e. The summed E-state index contributed by atoms with van der Waals surface area (Å²) in [5.41, 5.74) is 0.867. The van der Waals surface area contributed by atoms with E-state index >= 15 is 0 Å². The third kappa shape index (κ3) is 3.25. The van der Waals surface area contributed by atoms with Gasteiger partial charge < -0.3 is 9.84 Å². The van der Waals surface area contributed by atoms with Gasteiger partial charge in [0.1, 0.15) is 5.54 Å². The number of nitrogens with zero attached hydrogens (tertiary/aromatic N) is 2. The van der Waals surface area contributed by atoms with Gasteiger partial charge in [-0.1, -0.05) is 21.1 Å². The summed E-state index contributed by atoms with van der Waals surface area (Å²) in [4.78, 5) is 16.5. The van der Waals surface area contributed by atoms with Gasteiger partial charge in [0.15, 0.2) is 5.82 Å². The van der Waals surface area contributed by atoms with Crippen molar-refractivity contribution in [3.05, 3.63) is 45.5 Å². The first-order valence-electron chi connectivity index (χ1n) is 6.18. The van der Waals surface area contributed by atoms with Gasteiger partial charge >= 0.3 is 0 Å². The third-order valence-electron chi connectivity index (χ3n) is 2.79. The van der Waals surface area contributed by atoms with Gasteiger partial charge in [-0.25, -0.2) is 0 Å². The van der Waals surface area contributed by atoms with Gasteiger partial charge in [-0.2, -0.15) is 4.98 Å². The van der Waals surface area contributed by atoms with Crippen molar-refractivity contribution >= 4 is 21.8 Å². The van der Waals surface area contributed by atoms with E-state index in [1.807, 2.05) is 32.9 Å². The van der Waals surface area contributed by atoms with E-state index in [1.54, 1.807) is 13.0 Å². The average molecular weight is 338 g/mol. The SMILES string of the molecule is Cc1cc(Br)cc(C(=O)NC(C)(C)c2nc(C)no2)c1. The standard InChI is InChI=1S/C14H16BrN3O2/c1-8-5-10(7-11(15)6-8)12(19)17-14(3,4)13-16-9(2)18-20-13/h5-7H,1-4H3,(H,17,19). The Bertz CT molecular complexity index is 629. The van der Waals surface area contributed by atoms with E-state index < -0.39 is 5.54 Å². The van der Waals surface area contributed by atoms with Gasteiger partial charge in [0.05, 0.1) is 0 Å². The average Bonchev–Trinajstić information content (AvgIpc) is 2.75. The summed E-state index contributed by atoms with van der Waals surface area (Å²) in [6, 6.07) is 5.55. The predicted molar refractivity (Wildman–Crippen MR) is 78.4 cm³/mol. The number of aromatic nitrogens is 2. The molecule has 0 atom stereocenters. The molecule has 0 saturated carbocycles. The highest BCUT2D eigenvalue weighted by Crippen LogP contribution is 2.20. The van der Waals surface area contributed by atoms with E-state index in [4.69, 9.17) is 4.52 Å². The van der Waals surface area contributed by atoms with Gasteiger partial charge in [0, 0.05) is 10.0 Å². The second kappa shape index (κ2) is 5.36.